The summed E-state index contributed by atoms with van der Waals surface area (Å²) in [7, 11) is 3.87. The Bertz CT molecular complexity index is 1110. The van der Waals surface area contributed by atoms with E-state index in [4.69, 9.17) is 4.74 Å². The maximum absolute atomic E-state index is 12.7. The van der Waals surface area contributed by atoms with Crippen LogP contribution in [-0.2, 0) is 27.4 Å². The number of rotatable bonds is 9. The molecule has 8 nitrogen and oxygen atoms in total. The number of aromatic nitrogens is 2. The first-order valence-corrected chi connectivity index (χ1v) is 10.3. The van der Waals surface area contributed by atoms with E-state index in [1.54, 1.807) is 21.3 Å². The van der Waals surface area contributed by atoms with Crippen molar-refractivity contribution < 1.29 is 14.3 Å². The van der Waals surface area contributed by atoms with E-state index in [1.165, 1.54) is 0 Å². The van der Waals surface area contributed by atoms with Crippen molar-refractivity contribution in [3.63, 3.8) is 0 Å². The first-order chi connectivity index (χ1) is 14.9. The fraction of sp³-hybridized carbons (Fsp3) is 0.348. The monoisotopic (exact) mass is 424 g/mol. The molecule has 1 N–H and O–H groups in total. The number of anilines is 2. The van der Waals surface area contributed by atoms with E-state index in [2.05, 4.69) is 5.32 Å². The molecule has 0 aliphatic heterocycles. The minimum atomic E-state index is -0.530. The highest BCUT2D eigenvalue weighted by Crippen LogP contribution is 2.16. The molecule has 2 aromatic carbocycles. The predicted octanol–water partition coefficient (Wildman–Crippen LogP) is 2.85. The molecule has 164 valence electrons. The van der Waals surface area contributed by atoms with Crippen LogP contribution in [0.15, 0.2) is 53.3 Å². The van der Waals surface area contributed by atoms with Crippen molar-refractivity contribution in [3.8, 4) is 0 Å². The Balaban J connectivity index is 1.54. The molecule has 0 bridgehead atoms. The zero-order valence-corrected chi connectivity index (χ0v) is 18.1. The van der Waals surface area contributed by atoms with E-state index >= 15 is 0 Å². The van der Waals surface area contributed by atoms with Gasteiger partial charge in [-0.2, -0.15) is 0 Å². The molecule has 0 fully saturated rings. The Labute approximate surface area is 181 Å². The molecule has 0 aliphatic rings. The fourth-order valence-corrected chi connectivity index (χ4v) is 3.39. The highest BCUT2D eigenvalue weighted by atomic mass is 16.5. The van der Waals surface area contributed by atoms with Crippen molar-refractivity contribution in [3.05, 3.63) is 59.0 Å². The van der Waals surface area contributed by atoms with Crippen LogP contribution in [-0.4, -0.2) is 41.7 Å². The minimum Gasteiger partial charge on any atom is -0.456 e. The van der Waals surface area contributed by atoms with Crippen LogP contribution in [0.2, 0.25) is 0 Å². The summed E-state index contributed by atoms with van der Waals surface area (Å²) in [5, 5.41) is 2.69. The number of amides is 1. The fourth-order valence-electron chi connectivity index (χ4n) is 3.39. The number of hydrogen-bond acceptors (Lipinski definition) is 5. The Morgan fingerprint density at radius 3 is 2.16 bits per heavy atom. The zero-order chi connectivity index (χ0) is 22.4. The Morgan fingerprint density at radius 2 is 1.58 bits per heavy atom. The van der Waals surface area contributed by atoms with Gasteiger partial charge in [-0.3, -0.25) is 18.7 Å². The van der Waals surface area contributed by atoms with E-state index in [-0.39, 0.29) is 25.3 Å². The summed E-state index contributed by atoms with van der Waals surface area (Å²) in [5.74, 6) is -0.944. The van der Waals surface area contributed by atoms with Crippen LogP contribution in [0.25, 0.3) is 11.0 Å². The summed E-state index contributed by atoms with van der Waals surface area (Å²) < 4.78 is 8.38. The molecule has 3 rings (SSSR count). The van der Waals surface area contributed by atoms with Gasteiger partial charge in [0.15, 0.2) is 6.61 Å². The lowest BCUT2D eigenvalue weighted by atomic mass is 10.2. The normalized spacial score (nSPS) is 10.8. The van der Waals surface area contributed by atoms with Crippen LogP contribution in [0.4, 0.5) is 11.4 Å². The molecular weight excluding hydrogens is 396 g/mol. The quantitative estimate of drug-likeness (QED) is 0.534. The number of nitrogens with zero attached hydrogens (tertiary/aromatic N) is 3. The molecule has 1 heterocycles. The van der Waals surface area contributed by atoms with Gasteiger partial charge in [-0.15, -0.1) is 0 Å². The zero-order valence-electron chi connectivity index (χ0n) is 18.1. The maximum atomic E-state index is 12.7. The summed E-state index contributed by atoms with van der Waals surface area (Å²) in [6.07, 6.45) is 0.841. The molecule has 0 radical (unpaired) electrons. The van der Waals surface area contributed by atoms with Crippen LogP contribution in [0.3, 0.4) is 0 Å². The standard InChI is InChI=1S/C23H28N4O4/c1-4-14-26-19-7-5-6-8-20(19)27(23(26)30)15-13-22(29)31-16-21(28)24-17-9-11-18(12-10-17)25(2)3/h5-12H,4,13-16H2,1-3H3,(H,24,28). The number of ether oxygens (including phenoxy) is 1. The lowest BCUT2D eigenvalue weighted by Gasteiger charge is -2.13. The number of para-hydroxylation sites is 2. The highest BCUT2D eigenvalue weighted by molar-refractivity contribution is 5.93. The van der Waals surface area contributed by atoms with Crippen LogP contribution in [0.1, 0.15) is 19.8 Å². The number of fused-ring (bicyclic) bond motifs is 1. The molecule has 31 heavy (non-hydrogen) atoms. The van der Waals surface area contributed by atoms with Gasteiger partial charge >= 0.3 is 11.7 Å². The molecule has 1 aromatic heterocycles. The van der Waals surface area contributed by atoms with Gasteiger partial charge in [-0.05, 0) is 42.8 Å². The van der Waals surface area contributed by atoms with E-state index in [1.807, 2.05) is 62.3 Å². The number of carbonyl (C=O) groups excluding carboxylic acids is 2. The average Bonchev–Trinajstić information content (AvgIpc) is 3.02. The summed E-state index contributed by atoms with van der Waals surface area (Å²) in [5.41, 5.74) is 3.13. The number of esters is 1. The Kier molecular flexibility index (Phi) is 7.12. The van der Waals surface area contributed by atoms with E-state index in [9.17, 15) is 14.4 Å². The van der Waals surface area contributed by atoms with E-state index in [0.717, 1.165) is 23.1 Å². The SMILES string of the molecule is CCCn1c(=O)n(CCC(=O)OCC(=O)Nc2ccc(N(C)C)cc2)c2ccccc21. The van der Waals surface area contributed by atoms with Crippen LogP contribution in [0.5, 0.6) is 0 Å². The second-order valence-electron chi connectivity index (χ2n) is 7.47. The number of aryl methyl sites for hydroxylation is 2. The van der Waals surface area contributed by atoms with Gasteiger partial charge in [0.1, 0.15) is 0 Å². The van der Waals surface area contributed by atoms with Gasteiger partial charge in [0, 0.05) is 38.6 Å². The van der Waals surface area contributed by atoms with Crippen LogP contribution < -0.4 is 15.9 Å². The first-order valence-electron chi connectivity index (χ1n) is 10.3. The van der Waals surface area contributed by atoms with Crippen molar-refractivity contribution in [2.75, 3.05) is 30.9 Å². The third-order valence-electron chi connectivity index (χ3n) is 4.94. The summed E-state index contributed by atoms with van der Waals surface area (Å²) in [4.78, 5) is 38.9. The van der Waals surface area contributed by atoms with E-state index in [0.29, 0.717) is 12.2 Å². The molecule has 3 aromatic rings. The number of hydrogen-bond donors (Lipinski definition) is 1. The molecule has 0 unspecified atom stereocenters. The smallest absolute Gasteiger partial charge is 0.329 e. The molecule has 8 heteroatoms. The van der Waals surface area contributed by atoms with Gasteiger partial charge in [0.25, 0.3) is 5.91 Å². The largest absolute Gasteiger partial charge is 0.456 e. The topological polar surface area (TPSA) is 85.6 Å². The van der Waals surface area contributed by atoms with Gasteiger partial charge in [-0.25, -0.2) is 4.79 Å². The van der Waals surface area contributed by atoms with Gasteiger partial charge in [0.05, 0.1) is 17.5 Å². The lowest BCUT2D eigenvalue weighted by Crippen LogP contribution is -2.26. The molecule has 0 aliphatic carbocycles. The van der Waals surface area contributed by atoms with Gasteiger partial charge in [0.2, 0.25) is 0 Å². The molecule has 0 spiro atoms. The number of carbonyl (C=O) groups is 2. The molecule has 0 saturated carbocycles. The van der Waals surface area contributed by atoms with E-state index < -0.39 is 11.9 Å². The number of imidazole rings is 1. The number of nitrogens with one attached hydrogen (secondary N) is 1. The lowest BCUT2D eigenvalue weighted by molar-refractivity contribution is -0.147. The molecule has 1 amide bonds. The molecular formula is C23H28N4O4. The molecule has 0 saturated heterocycles. The minimum absolute atomic E-state index is 0.00481. The highest BCUT2D eigenvalue weighted by Gasteiger charge is 2.14. The van der Waals surface area contributed by atoms with Crippen molar-refractivity contribution in [1.29, 1.82) is 0 Å². The second-order valence-corrected chi connectivity index (χ2v) is 7.47. The van der Waals surface area contributed by atoms with Gasteiger partial charge < -0.3 is 15.0 Å². The van der Waals surface area contributed by atoms with Crippen molar-refractivity contribution in [2.45, 2.75) is 32.9 Å². The average molecular weight is 425 g/mol. The van der Waals surface area contributed by atoms with Crippen molar-refractivity contribution >= 4 is 34.3 Å². The third kappa shape index (κ3) is 5.33. The Hall–Kier alpha value is -3.55. The Morgan fingerprint density at radius 1 is 0.968 bits per heavy atom. The number of benzene rings is 2. The maximum Gasteiger partial charge on any atom is 0.329 e. The summed E-state index contributed by atoms with van der Waals surface area (Å²) >= 11 is 0. The third-order valence-corrected chi connectivity index (χ3v) is 4.94. The van der Waals surface area contributed by atoms with Crippen LogP contribution >= 0.6 is 0 Å². The van der Waals surface area contributed by atoms with Crippen LogP contribution in [0, 0.1) is 0 Å². The first kappa shape index (κ1) is 22.1. The second kappa shape index (κ2) is 9.97. The van der Waals surface area contributed by atoms with Gasteiger partial charge in [-0.1, -0.05) is 19.1 Å². The molecule has 0 atom stereocenters. The summed E-state index contributed by atoms with van der Waals surface area (Å²) in [6.45, 7) is 2.45. The summed E-state index contributed by atoms with van der Waals surface area (Å²) in [6, 6.07) is 14.9. The van der Waals surface area contributed by atoms with Crippen molar-refractivity contribution in [2.24, 2.45) is 0 Å². The van der Waals surface area contributed by atoms with Crippen molar-refractivity contribution in [1.82, 2.24) is 9.13 Å². The predicted molar refractivity (Wildman–Crippen MR) is 121 cm³/mol.